The first-order valence-electron chi connectivity index (χ1n) is 10.1. The minimum atomic E-state index is 0. The maximum Gasteiger partial charge on any atom is 0.191 e. The first-order valence-corrected chi connectivity index (χ1v) is 10.1. The summed E-state index contributed by atoms with van der Waals surface area (Å²) in [6, 6.07) is 19.4. The second-order valence-electron chi connectivity index (χ2n) is 7.44. The number of hydrogen-bond acceptors (Lipinski definition) is 3. The molecule has 6 heteroatoms. The van der Waals surface area contributed by atoms with Crippen LogP contribution in [0.15, 0.2) is 59.6 Å². The highest BCUT2D eigenvalue weighted by molar-refractivity contribution is 14.0. The Labute approximate surface area is 192 Å². The molecule has 1 aliphatic rings. The van der Waals surface area contributed by atoms with Crippen molar-refractivity contribution in [3.63, 3.8) is 0 Å². The van der Waals surface area contributed by atoms with Gasteiger partial charge in [-0.05, 0) is 30.5 Å². The molecule has 3 rings (SSSR count). The number of rotatable bonds is 6. The number of aliphatic imine (C=N–C) groups is 1. The monoisotopic (exact) mass is 508 g/mol. The van der Waals surface area contributed by atoms with Crippen LogP contribution >= 0.6 is 24.0 Å². The molecule has 1 aliphatic heterocycles. The Bertz CT molecular complexity index is 768. The zero-order valence-electron chi connectivity index (χ0n) is 17.6. The van der Waals surface area contributed by atoms with Gasteiger partial charge >= 0.3 is 0 Å². The minimum Gasteiger partial charge on any atom is -0.376 e. The van der Waals surface area contributed by atoms with E-state index in [0.717, 1.165) is 38.7 Å². The molecular formula is C23H33IN4O. The first kappa shape index (κ1) is 23.6. The van der Waals surface area contributed by atoms with Crippen molar-refractivity contribution in [3.8, 4) is 0 Å². The van der Waals surface area contributed by atoms with Gasteiger partial charge in [0.05, 0.1) is 18.8 Å². The SMILES string of the molecule is CN=C(NCc1cccc(CN2CCOC(C)C2)c1)NC(C)c1ccccc1.I. The third-order valence-electron chi connectivity index (χ3n) is 5.06. The van der Waals surface area contributed by atoms with E-state index in [1.807, 2.05) is 13.1 Å². The highest BCUT2D eigenvalue weighted by Gasteiger charge is 2.16. The van der Waals surface area contributed by atoms with Gasteiger partial charge in [0.1, 0.15) is 0 Å². The molecule has 1 saturated heterocycles. The Morgan fingerprint density at radius 2 is 1.93 bits per heavy atom. The number of guanidine groups is 1. The third kappa shape index (κ3) is 7.60. The van der Waals surface area contributed by atoms with Gasteiger partial charge in [-0.25, -0.2) is 0 Å². The second kappa shape index (κ2) is 12.1. The molecule has 1 heterocycles. The normalized spacial score (nSPS) is 18.6. The summed E-state index contributed by atoms with van der Waals surface area (Å²) in [4.78, 5) is 6.83. The van der Waals surface area contributed by atoms with E-state index in [9.17, 15) is 0 Å². The molecule has 158 valence electrons. The molecule has 0 bridgehead atoms. The van der Waals surface area contributed by atoms with Crippen LogP contribution in [0.2, 0.25) is 0 Å². The average Bonchev–Trinajstić information content (AvgIpc) is 2.72. The number of morpholine rings is 1. The third-order valence-corrected chi connectivity index (χ3v) is 5.06. The van der Waals surface area contributed by atoms with Gasteiger partial charge in [-0.1, -0.05) is 54.6 Å². The van der Waals surface area contributed by atoms with E-state index < -0.39 is 0 Å². The van der Waals surface area contributed by atoms with Gasteiger partial charge in [0, 0.05) is 33.2 Å². The summed E-state index contributed by atoms with van der Waals surface area (Å²) in [7, 11) is 1.81. The molecule has 2 N–H and O–H groups in total. The summed E-state index contributed by atoms with van der Waals surface area (Å²) < 4.78 is 5.64. The van der Waals surface area contributed by atoms with Gasteiger partial charge in [0.2, 0.25) is 0 Å². The van der Waals surface area contributed by atoms with Crippen LogP contribution in [0.1, 0.15) is 36.6 Å². The van der Waals surface area contributed by atoms with Crippen molar-refractivity contribution in [2.24, 2.45) is 4.99 Å². The van der Waals surface area contributed by atoms with E-state index in [1.54, 1.807) is 0 Å². The predicted octanol–water partition coefficient (Wildman–Crippen LogP) is 3.95. The van der Waals surface area contributed by atoms with Crippen molar-refractivity contribution < 1.29 is 4.74 Å². The molecule has 5 nitrogen and oxygen atoms in total. The quantitative estimate of drug-likeness (QED) is 0.353. The van der Waals surface area contributed by atoms with E-state index in [4.69, 9.17) is 4.74 Å². The summed E-state index contributed by atoms with van der Waals surface area (Å²) >= 11 is 0. The molecule has 0 spiro atoms. The van der Waals surface area contributed by atoms with Crippen molar-refractivity contribution in [1.29, 1.82) is 0 Å². The molecule has 2 atom stereocenters. The van der Waals surface area contributed by atoms with Gasteiger partial charge < -0.3 is 15.4 Å². The molecule has 0 aromatic heterocycles. The fourth-order valence-electron chi connectivity index (χ4n) is 3.54. The Balaban J connectivity index is 0.00000300. The maximum atomic E-state index is 5.64. The van der Waals surface area contributed by atoms with E-state index in [2.05, 4.69) is 82.9 Å². The number of nitrogens with zero attached hydrogens (tertiary/aromatic N) is 2. The standard InChI is InChI=1S/C23H32N4O.HI/c1-18-16-27(12-13-28-18)17-21-9-7-8-20(14-21)15-25-23(24-3)26-19(2)22-10-5-4-6-11-22;/h4-11,14,18-19H,12-13,15-17H2,1-3H3,(H2,24,25,26);1H. The van der Waals surface area contributed by atoms with Crippen LogP contribution in [0.25, 0.3) is 0 Å². The van der Waals surface area contributed by atoms with Crippen LogP contribution in [0.5, 0.6) is 0 Å². The second-order valence-corrected chi connectivity index (χ2v) is 7.44. The van der Waals surface area contributed by atoms with E-state index in [-0.39, 0.29) is 30.0 Å². The number of benzene rings is 2. The van der Waals surface area contributed by atoms with Crippen LogP contribution in [0.4, 0.5) is 0 Å². The maximum absolute atomic E-state index is 5.64. The van der Waals surface area contributed by atoms with Crippen molar-refractivity contribution in [2.45, 2.75) is 39.1 Å². The lowest BCUT2D eigenvalue weighted by Gasteiger charge is -2.31. The van der Waals surface area contributed by atoms with Crippen LogP contribution in [-0.4, -0.2) is 43.7 Å². The highest BCUT2D eigenvalue weighted by atomic mass is 127. The summed E-state index contributed by atoms with van der Waals surface area (Å²) in [5, 5.41) is 6.88. The number of ether oxygens (including phenoxy) is 1. The summed E-state index contributed by atoms with van der Waals surface area (Å²) in [6.45, 7) is 8.82. The molecule has 0 saturated carbocycles. The zero-order chi connectivity index (χ0) is 19.8. The summed E-state index contributed by atoms with van der Waals surface area (Å²) in [5.41, 5.74) is 3.84. The molecular weight excluding hydrogens is 475 g/mol. The van der Waals surface area contributed by atoms with Crippen LogP contribution < -0.4 is 10.6 Å². The molecule has 2 aromatic rings. The molecule has 2 unspecified atom stereocenters. The minimum absolute atomic E-state index is 0. The lowest BCUT2D eigenvalue weighted by Crippen LogP contribution is -2.40. The van der Waals surface area contributed by atoms with Gasteiger partial charge in [-0.2, -0.15) is 0 Å². The predicted molar refractivity (Wildman–Crippen MR) is 131 cm³/mol. The van der Waals surface area contributed by atoms with Crippen LogP contribution in [0, 0.1) is 0 Å². The fourth-order valence-corrected chi connectivity index (χ4v) is 3.54. The molecule has 0 amide bonds. The number of nitrogens with one attached hydrogen (secondary N) is 2. The van der Waals surface area contributed by atoms with Gasteiger partial charge in [0.25, 0.3) is 0 Å². The Kier molecular flexibility index (Phi) is 9.90. The molecule has 1 fully saturated rings. The fraction of sp³-hybridized carbons (Fsp3) is 0.435. The van der Waals surface area contributed by atoms with Gasteiger partial charge in [-0.15, -0.1) is 24.0 Å². The highest BCUT2D eigenvalue weighted by Crippen LogP contribution is 2.13. The summed E-state index contributed by atoms with van der Waals surface area (Å²) in [6.07, 6.45) is 0.319. The average molecular weight is 508 g/mol. The Morgan fingerprint density at radius 1 is 1.17 bits per heavy atom. The van der Waals surface area contributed by atoms with Gasteiger partial charge in [0.15, 0.2) is 5.96 Å². The summed E-state index contributed by atoms with van der Waals surface area (Å²) in [5.74, 6) is 0.809. The van der Waals surface area contributed by atoms with E-state index in [1.165, 1.54) is 16.7 Å². The molecule has 29 heavy (non-hydrogen) atoms. The molecule has 0 aliphatic carbocycles. The number of halogens is 1. The van der Waals surface area contributed by atoms with Crippen molar-refractivity contribution in [3.05, 3.63) is 71.3 Å². The zero-order valence-corrected chi connectivity index (χ0v) is 19.9. The number of hydrogen-bond donors (Lipinski definition) is 2. The molecule has 2 aromatic carbocycles. The van der Waals surface area contributed by atoms with Crippen LogP contribution in [0.3, 0.4) is 0 Å². The Hall–Kier alpha value is -1.64. The van der Waals surface area contributed by atoms with E-state index in [0.29, 0.717) is 6.10 Å². The van der Waals surface area contributed by atoms with E-state index >= 15 is 0 Å². The topological polar surface area (TPSA) is 48.9 Å². The van der Waals surface area contributed by atoms with Crippen molar-refractivity contribution in [1.82, 2.24) is 15.5 Å². The van der Waals surface area contributed by atoms with Crippen LogP contribution in [-0.2, 0) is 17.8 Å². The smallest absolute Gasteiger partial charge is 0.191 e. The first-order chi connectivity index (χ1) is 13.6. The van der Waals surface area contributed by atoms with Gasteiger partial charge in [-0.3, -0.25) is 9.89 Å². The molecule has 0 radical (unpaired) electrons. The Morgan fingerprint density at radius 3 is 2.66 bits per heavy atom. The lowest BCUT2D eigenvalue weighted by molar-refractivity contribution is -0.0212. The lowest BCUT2D eigenvalue weighted by atomic mass is 10.1. The largest absolute Gasteiger partial charge is 0.376 e. The van der Waals surface area contributed by atoms with Crippen molar-refractivity contribution >= 4 is 29.9 Å². The van der Waals surface area contributed by atoms with Crippen molar-refractivity contribution in [2.75, 3.05) is 26.7 Å².